The van der Waals surface area contributed by atoms with Gasteiger partial charge in [-0.3, -0.25) is 9.59 Å². The number of esters is 1. The van der Waals surface area contributed by atoms with Crippen molar-refractivity contribution in [3.8, 4) is 17.2 Å². The van der Waals surface area contributed by atoms with Crippen LogP contribution >= 0.6 is 0 Å². The Morgan fingerprint density at radius 2 is 1.62 bits per heavy atom. The van der Waals surface area contributed by atoms with E-state index < -0.39 is 12.1 Å². The zero-order valence-corrected chi connectivity index (χ0v) is 18.2. The van der Waals surface area contributed by atoms with E-state index in [1.807, 2.05) is 0 Å². The number of hydrogen-bond donors (Lipinski definition) is 0. The summed E-state index contributed by atoms with van der Waals surface area (Å²) in [5.74, 6) is 1.03. The van der Waals surface area contributed by atoms with Gasteiger partial charge in [0.15, 0.2) is 17.6 Å². The first-order valence-corrected chi connectivity index (χ1v) is 10.2. The largest absolute Gasteiger partial charge is 0.493 e. The number of carbonyl (C=O) groups is 2. The SMILES string of the molecule is COc1cc(CCC(=O)O[C@@H](C)C(=O)N(C)C2CCCCC2)cc(OC)c1OC. The molecule has 1 aliphatic rings. The van der Waals surface area contributed by atoms with Gasteiger partial charge < -0.3 is 23.8 Å². The molecule has 0 unspecified atom stereocenters. The van der Waals surface area contributed by atoms with Crippen LogP contribution in [0.2, 0.25) is 0 Å². The normalized spacial score (nSPS) is 15.3. The molecule has 0 bridgehead atoms. The molecule has 29 heavy (non-hydrogen) atoms. The minimum absolute atomic E-state index is 0.141. The standard InChI is InChI=1S/C22H33NO6/c1-15(22(25)23(2)17-9-7-6-8-10-17)29-20(24)12-11-16-13-18(26-3)21(28-5)19(14-16)27-4/h13-15,17H,6-12H2,1-5H3/t15-/m0/s1. The van der Waals surface area contributed by atoms with Gasteiger partial charge >= 0.3 is 5.97 Å². The second-order valence-electron chi connectivity index (χ2n) is 7.41. The fraction of sp³-hybridized carbons (Fsp3) is 0.636. The summed E-state index contributed by atoms with van der Waals surface area (Å²) in [7, 11) is 6.44. The van der Waals surface area contributed by atoms with Crippen LogP contribution in [-0.2, 0) is 20.7 Å². The van der Waals surface area contributed by atoms with Crippen LogP contribution in [-0.4, -0.2) is 57.3 Å². The van der Waals surface area contributed by atoms with Crippen molar-refractivity contribution >= 4 is 11.9 Å². The van der Waals surface area contributed by atoms with Gasteiger partial charge in [0, 0.05) is 19.5 Å². The molecule has 0 saturated heterocycles. The number of carbonyl (C=O) groups excluding carboxylic acids is 2. The third-order valence-electron chi connectivity index (χ3n) is 5.47. The molecular formula is C22H33NO6. The first-order valence-electron chi connectivity index (χ1n) is 10.2. The van der Waals surface area contributed by atoms with Crippen molar-refractivity contribution in [2.75, 3.05) is 28.4 Å². The van der Waals surface area contributed by atoms with Crippen molar-refractivity contribution in [1.29, 1.82) is 0 Å². The Balaban J connectivity index is 1.91. The lowest BCUT2D eigenvalue weighted by Gasteiger charge is -2.32. The average molecular weight is 408 g/mol. The number of likely N-dealkylation sites (N-methyl/N-ethyl adjacent to an activating group) is 1. The van der Waals surface area contributed by atoms with Gasteiger partial charge in [-0.1, -0.05) is 19.3 Å². The van der Waals surface area contributed by atoms with Gasteiger partial charge in [-0.05, 0) is 43.9 Å². The minimum atomic E-state index is -0.783. The van der Waals surface area contributed by atoms with E-state index in [4.69, 9.17) is 18.9 Å². The van der Waals surface area contributed by atoms with E-state index in [0.29, 0.717) is 23.7 Å². The predicted molar refractivity (Wildman–Crippen MR) is 110 cm³/mol. The first-order chi connectivity index (χ1) is 13.9. The van der Waals surface area contributed by atoms with E-state index in [2.05, 4.69) is 0 Å². The summed E-state index contributed by atoms with van der Waals surface area (Å²) in [5, 5.41) is 0. The van der Waals surface area contributed by atoms with Crippen molar-refractivity contribution in [2.24, 2.45) is 0 Å². The van der Waals surface area contributed by atoms with E-state index in [1.54, 1.807) is 52.3 Å². The maximum atomic E-state index is 12.6. The van der Waals surface area contributed by atoms with Crippen LogP contribution in [0.5, 0.6) is 17.2 Å². The molecule has 0 spiro atoms. The summed E-state index contributed by atoms with van der Waals surface area (Å²) in [6.45, 7) is 1.64. The topological polar surface area (TPSA) is 74.3 Å². The van der Waals surface area contributed by atoms with Gasteiger partial charge in [-0.15, -0.1) is 0 Å². The Morgan fingerprint density at radius 3 is 2.14 bits per heavy atom. The fourth-order valence-electron chi connectivity index (χ4n) is 3.77. The van der Waals surface area contributed by atoms with Crippen molar-refractivity contribution in [3.63, 3.8) is 0 Å². The van der Waals surface area contributed by atoms with Gasteiger partial charge in [-0.25, -0.2) is 0 Å². The highest BCUT2D eigenvalue weighted by Gasteiger charge is 2.27. The third kappa shape index (κ3) is 6.02. The van der Waals surface area contributed by atoms with Crippen molar-refractivity contribution < 1.29 is 28.5 Å². The van der Waals surface area contributed by atoms with Gasteiger partial charge in [0.2, 0.25) is 5.75 Å². The zero-order valence-electron chi connectivity index (χ0n) is 18.2. The summed E-state index contributed by atoms with van der Waals surface area (Å²) >= 11 is 0. The lowest BCUT2D eigenvalue weighted by Crippen LogP contribution is -2.44. The Morgan fingerprint density at radius 1 is 1.03 bits per heavy atom. The summed E-state index contributed by atoms with van der Waals surface area (Å²) < 4.78 is 21.4. The molecule has 162 valence electrons. The maximum Gasteiger partial charge on any atom is 0.306 e. The molecule has 1 atom stereocenters. The lowest BCUT2D eigenvalue weighted by molar-refractivity contribution is -0.159. The molecule has 1 saturated carbocycles. The maximum absolute atomic E-state index is 12.6. The number of ether oxygens (including phenoxy) is 4. The molecular weight excluding hydrogens is 374 g/mol. The van der Waals surface area contributed by atoms with Crippen LogP contribution in [0.1, 0.15) is 51.0 Å². The fourth-order valence-corrected chi connectivity index (χ4v) is 3.77. The van der Waals surface area contributed by atoms with Crippen LogP contribution in [0.3, 0.4) is 0 Å². The van der Waals surface area contributed by atoms with Crippen LogP contribution in [0.4, 0.5) is 0 Å². The molecule has 1 aliphatic carbocycles. The van der Waals surface area contributed by atoms with Crippen LogP contribution in [0.25, 0.3) is 0 Å². The van der Waals surface area contributed by atoms with Crippen LogP contribution in [0, 0.1) is 0 Å². The highest BCUT2D eigenvalue weighted by atomic mass is 16.5. The summed E-state index contributed by atoms with van der Waals surface area (Å²) in [5.41, 5.74) is 0.856. The molecule has 0 aromatic heterocycles. The molecule has 0 heterocycles. The molecule has 1 fully saturated rings. The van der Waals surface area contributed by atoms with Crippen LogP contribution < -0.4 is 14.2 Å². The van der Waals surface area contributed by atoms with Gasteiger partial charge in [0.25, 0.3) is 5.91 Å². The molecule has 0 radical (unpaired) electrons. The Labute approximate surface area is 173 Å². The summed E-state index contributed by atoms with van der Waals surface area (Å²) in [4.78, 5) is 26.6. The molecule has 1 aromatic carbocycles. The number of aryl methyl sites for hydroxylation is 1. The lowest BCUT2D eigenvalue weighted by atomic mass is 9.94. The molecule has 1 amide bonds. The zero-order chi connectivity index (χ0) is 21.4. The number of hydrogen-bond acceptors (Lipinski definition) is 6. The Kier molecular flexibility index (Phi) is 8.61. The van der Waals surface area contributed by atoms with Gasteiger partial charge in [0.05, 0.1) is 21.3 Å². The molecule has 7 nitrogen and oxygen atoms in total. The monoisotopic (exact) mass is 407 g/mol. The second-order valence-corrected chi connectivity index (χ2v) is 7.41. The van der Waals surface area contributed by atoms with Crippen molar-refractivity contribution in [1.82, 2.24) is 4.90 Å². The average Bonchev–Trinajstić information content (AvgIpc) is 2.76. The first kappa shape index (κ1) is 22.8. The predicted octanol–water partition coefficient (Wildman–Crippen LogP) is 3.37. The van der Waals surface area contributed by atoms with Gasteiger partial charge in [0.1, 0.15) is 0 Å². The number of benzene rings is 1. The van der Waals surface area contributed by atoms with Crippen molar-refractivity contribution in [2.45, 2.75) is 64.0 Å². The summed E-state index contributed by atoms with van der Waals surface area (Å²) in [6.07, 6.45) is 5.36. The molecule has 0 N–H and O–H groups in total. The Bertz CT molecular complexity index is 674. The minimum Gasteiger partial charge on any atom is -0.493 e. The highest BCUT2D eigenvalue weighted by Crippen LogP contribution is 2.38. The van der Waals surface area contributed by atoms with E-state index in [0.717, 1.165) is 31.2 Å². The number of methoxy groups -OCH3 is 3. The van der Waals surface area contributed by atoms with E-state index in [9.17, 15) is 9.59 Å². The molecule has 7 heteroatoms. The van der Waals surface area contributed by atoms with Gasteiger partial charge in [-0.2, -0.15) is 0 Å². The number of rotatable bonds is 9. The van der Waals surface area contributed by atoms with E-state index >= 15 is 0 Å². The molecule has 1 aromatic rings. The smallest absolute Gasteiger partial charge is 0.306 e. The molecule has 0 aliphatic heterocycles. The summed E-state index contributed by atoms with van der Waals surface area (Å²) in [6, 6.07) is 3.86. The number of amides is 1. The van der Waals surface area contributed by atoms with Crippen molar-refractivity contribution in [3.05, 3.63) is 17.7 Å². The third-order valence-corrected chi connectivity index (χ3v) is 5.47. The van der Waals surface area contributed by atoms with E-state index in [-0.39, 0.29) is 18.4 Å². The quantitative estimate of drug-likeness (QED) is 0.585. The van der Waals surface area contributed by atoms with Crippen LogP contribution in [0.15, 0.2) is 12.1 Å². The second kappa shape index (κ2) is 10.9. The highest BCUT2D eigenvalue weighted by molar-refractivity contribution is 5.83. The van der Waals surface area contributed by atoms with E-state index in [1.165, 1.54) is 6.42 Å². The Hall–Kier alpha value is -2.44. The number of nitrogens with zero attached hydrogens (tertiary/aromatic N) is 1. The molecule has 2 rings (SSSR count).